The van der Waals surface area contributed by atoms with Crippen LogP contribution in [0.2, 0.25) is 0 Å². The van der Waals surface area contributed by atoms with Crippen molar-refractivity contribution in [1.82, 2.24) is 4.98 Å². The van der Waals surface area contributed by atoms with E-state index in [1.165, 1.54) is 13.8 Å². The van der Waals surface area contributed by atoms with Gasteiger partial charge in [-0.05, 0) is 69.3 Å². The molecule has 1 aliphatic heterocycles. The van der Waals surface area contributed by atoms with Crippen LogP contribution < -0.4 is 14.2 Å². The summed E-state index contributed by atoms with van der Waals surface area (Å²) in [5, 5.41) is 9.18. The Bertz CT molecular complexity index is 1110. The number of aliphatic carboxylic acids is 1. The van der Waals surface area contributed by atoms with Crippen molar-refractivity contribution in [3.63, 3.8) is 0 Å². The number of aromatic nitrogens is 1. The number of carbonyl (C=O) groups is 1. The number of hydrogen-bond acceptors (Lipinski definition) is 7. The number of oxazole rings is 1. The van der Waals surface area contributed by atoms with Gasteiger partial charge in [0, 0.05) is 24.8 Å². The van der Waals surface area contributed by atoms with Gasteiger partial charge in [0.15, 0.2) is 5.60 Å². The number of ether oxygens (including phenoxy) is 4. The largest absolute Gasteiger partial charge is 0.493 e. The third kappa shape index (κ3) is 6.54. The Balaban J connectivity index is 1.29. The monoisotopic (exact) mass is 481 g/mol. The molecule has 2 aromatic carbocycles. The number of aryl methyl sites for hydroxylation is 1. The molecule has 1 N–H and O–H groups in total. The Morgan fingerprint density at radius 2 is 1.66 bits per heavy atom. The molecular weight excluding hydrogens is 450 g/mol. The fourth-order valence-corrected chi connectivity index (χ4v) is 3.65. The van der Waals surface area contributed by atoms with Gasteiger partial charge in [-0.15, -0.1) is 0 Å². The summed E-state index contributed by atoms with van der Waals surface area (Å²) in [5.41, 5.74) is 0.424. The summed E-state index contributed by atoms with van der Waals surface area (Å²) in [6.45, 7) is 6.81. The van der Waals surface area contributed by atoms with E-state index < -0.39 is 11.6 Å². The van der Waals surface area contributed by atoms with Crippen molar-refractivity contribution in [3.05, 3.63) is 60.0 Å². The summed E-state index contributed by atoms with van der Waals surface area (Å²) in [4.78, 5) is 15.9. The Hall–Kier alpha value is -3.52. The third-order valence-electron chi connectivity index (χ3n) is 5.78. The fraction of sp³-hybridized carbons (Fsp3) is 0.407. The van der Waals surface area contributed by atoms with Crippen LogP contribution in [0.5, 0.6) is 17.2 Å². The van der Waals surface area contributed by atoms with Crippen molar-refractivity contribution in [2.45, 2.75) is 51.7 Å². The highest BCUT2D eigenvalue weighted by molar-refractivity contribution is 5.76. The molecule has 186 valence electrons. The standard InChI is InChI=1S/C27H31NO7/c1-18-24(14-17-32-20-8-10-23(11-9-20)35-27(2,3)26(29)30)28-25(33-18)19-4-6-21(7-5-19)34-22-12-15-31-16-13-22/h4-11,22H,12-17H2,1-3H3,(H,29,30). The second-order valence-electron chi connectivity index (χ2n) is 8.96. The van der Waals surface area contributed by atoms with Crippen LogP contribution in [-0.2, 0) is 16.0 Å². The number of nitrogens with zero attached hydrogens (tertiary/aromatic N) is 1. The van der Waals surface area contributed by atoms with E-state index in [0.29, 0.717) is 30.4 Å². The van der Waals surface area contributed by atoms with E-state index >= 15 is 0 Å². The molecule has 0 saturated carbocycles. The lowest BCUT2D eigenvalue weighted by molar-refractivity contribution is -0.152. The zero-order chi connectivity index (χ0) is 24.8. The van der Waals surface area contributed by atoms with Crippen LogP contribution in [0.1, 0.15) is 38.1 Å². The van der Waals surface area contributed by atoms with Crippen LogP contribution in [0.4, 0.5) is 0 Å². The lowest BCUT2D eigenvalue weighted by atomic mass is 10.1. The smallest absolute Gasteiger partial charge is 0.347 e. The topological polar surface area (TPSA) is 100 Å². The summed E-state index contributed by atoms with van der Waals surface area (Å²) in [5.74, 6) is 2.25. The highest BCUT2D eigenvalue weighted by Gasteiger charge is 2.29. The molecule has 0 radical (unpaired) electrons. The number of benzene rings is 2. The van der Waals surface area contributed by atoms with Crippen molar-refractivity contribution in [2.75, 3.05) is 19.8 Å². The summed E-state index contributed by atoms with van der Waals surface area (Å²) in [7, 11) is 0. The average Bonchev–Trinajstić information content (AvgIpc) is 3.21. The normalized spacial score (nSPS) is 14.5. The number of carboxylic acids is 1. The minimum absolute atomic E-state index is 0.200. The second-order valence-corrected chi connectivity index (χ2v) is 8.96. The zero-order valence-electron chi connectivity index (χ0n) is 20.3. The molecule has 4 rings (SSSR count). The van der Waals surface area contributed by atoms with Crippen molar-refractivity contribution >= 4 is 5.97 Å². The van der Waals surface area contributed by atoms with E-state index in [9.17, 15) is 9.90 Å². The van der Waals surface area contributed by atoms with Gasteiger partial charge < -0.3 is 28.5 Å². The van der Waals surface area contributed by atoms with Crippen LogP contribution in [-0.4, -0.2) is 47.6 Å². The number of rotatable bonds is 10. The first-order chi connectivity index (χ1) is 16.8. The van der Waals surface area contributed by atoms with Crippen LogP contribution in [0, 0.1) is 6.92 Å². The Labute approximate surface area is 204 Å². The maximum Gasteiger partial charge on any atom is 0.347 e. The van der Waals surface area contributed by atoms with Gasteiger partial charge >= 0.3 is 5.97 Å². The molecule has 3 aromatic rings. The van der Waals surface area contributed by atoms with Gasteiger partial charge in [-0.2, -0.15) is 0 Å². The highest BCUT2D eigenvalue weighted by Crippen LogP contribution is 2.26. The molecule has 0 amide bonds. The van der Waals surface area contributed by atoms with E-state index in [4.69, 9.17) is 23.4 Å². The third-order valence-corrected chi connectivity index (χ3v) is 5.78. The van der Waals surface area contributed by atoms with Crippen molar-refractivity contribution < 1.29 is 33.3 Å². The Morgan fingerprint density at radius 3 is 2.31 bits per heavy atom. The van der Waals surface area contributed by atoms with Gasteiger partial charge in [0.05, 0.1) is 25.5 Å². The molecule has 1 aromatic heterocycles. The SMILES string of the molecule is Cc1oc(-c2ccc(OC3CCOCC3)cc2)nc1CCOc1ccc(OC(C)(C)C(=O)O)cc1. The molecular formula is C27H31NO7. The Kier molecular flexibility index (Phi) is 7.60. The fourth-order valence-electron chi connectivity index (χ4n) is 3.65. The van der Waals surface area contributed by atoms with Crippen molar-refractivity contribution in [3.8, 4) is 28.7 Å². The van der Waals surface area contributed by atoms with E-state index in [1.54, 1.807) is 24.3 Å². The van der Waals surface area contributed by atoms with Crippen molar-refractivity contribution in [2.24, 2.45) is 0 Å². The van der Waals surface area contributed by atoms with E-state index in [0.717, 1.165) is 48.8 Å². The zero-order valence-corrected chi connectivity index (χ0v) is 20.3. The lowest BCUT2D eigenvalue weighted by Gasteiger charge is -2.23. The maximum atomic E-state index is 11.2. The molecule has 1 saturated heterocycles. The van der Waals surface area contributed by atoms with Gasteiger partial charge in [-0.1, -0.05) is 0 Å². The highest BCUT2D eigenvalue weighted by atomic mass is 16.5. The first kappa shape index (κ1) is 24.6. The molecule has 1 aliphatic rings. The van der Waals surface area contributed by atoms with Gasteiger partial charge in [0.25, 0.3) is 0 Å². The molecule has 1 fully saturated rings. The Morgan fingerprint density at radius 1 is 1.03 bits per heavy atom. The molecule has 0 bridgehead atoms. The maximum absolute atomic E-state index is 11.2. The second kappa shape index (κ2) is 10.8. The molecule has 0 spiro atoms. The van der Waals surface area contributed by atoms with Gasteiger partial charge in [0.1, 0.15) is 29.1 Å². The molecule has 8 heteroatoms. The summed E-state index contributed by atoms with van der Waals surface area (Å²) >= 11 is 0. The number of hydrogen-bond donors (Lipinski definition) is 1. The van der Waals surface area contributed by atoms with E-state index in [1.807, 2.05) is 31.2 Å². The number of carboxylic acid groups (broad SMARTS) is 1. The van der Waals surface area contributed by atoms with Gasteiger partial charge in [-0.25, -0.2) is 9.78 Å². The minimum Gasteiger partial charge on any atom is -0.493 e. The van der Waals surface area contributed by atoms with Crippen LogP contribution in [0.15, 0.2) is 52.9 Å². The predicted octanol–water partition coefficient (Wildman–Crippen LogP) is 5.07. The lowest BCUT2D eigenvalue weighted by Crippen LogP contribution is -2.37. The quantitative estimate of drug-likeness (QED) is 0.428. The van der Waals surface area contributed by atoms with E-state index in [2.05, 4.69) is 4.98 Å². The molecule has 0 unspecified atom stereocenters. The molecule has 8 nitrogen and oxygen atoms in total. The summed E-state index contributed by atoms with van der Waals surface area (Å²) in [6, 6.07) is 14.7. The van der Waals surface area contributed by atoms with Crippen LogP contribution in [0.25, 0.3) is 11.5 Å². The first-order valence-corrected chi connectivity index (χ1v) is 11.8. The predicted molar refractivity (Wildman–Crippen MR) is 129 cm³/mol. The van der Waals surface area contributed by atoms with E-state index in [-0.39, 0.29) is 6.10 Å². The summed E-state index contributed by atoms with van der Waals surface area (Å²) in [6.07, 6.45) is 2.61. The molecule has 35 heavy (non-hydrogen) atoms. The average molecular weight is 482 g/mol. The van der Waals surface area contributed by atoms with Crippen LogP contribution in [0.3, 0.4) is 0 Å². The molecule has 0 atom stereocenters. The first-order valence-electron chi connectivity index (χ1n) is 11.8. The van der Waals surface area contributed by atoms with Gasteiger partial charge in [-0.3, -0.25) is 0 Å². The minimum atomic E-state index is -1.30. The summed E-state index contributed by atoms with van der Waals surface area (Å²) < 4.78 is 28.6. The molecule has 2 heterocycles. The van der Waals surface area contributed by atoms with Gasteiger partial charge in [0.2, 0.25) is 5.89 Å². The molecule has 0 aliphatic carbocycles. The van der Waals surface area contributed by atoms with Crippen LogP contribution >= 0.6 is 0 Å². The van der Waals surface area contributed by atoms with Crippen molar-refractivity contribution in [1.29, 1.82) is 0 Å².